The van der Waals surface area contributed by atoms with Gasteiger partial charge in [-0.15, -0.1) is 0 Å². The van der Waals surface area contributed by atoms with E-state index in [-0.39, 0.29) is 5.69 Å². The summed E-state index contributed by atoms with van der Waals surface area (Å²) in [6.45, 7) is 17.6. The summed E-state index contributed by atoms with van der Waals surface area (Å²) in [5.41, 5.74) is 15.8. The number of nitrogens with zero attached hydrogens (tertiary/aromatic N) is 4. The molecule has 0 saturated carbocycles. The van der Waals surface area contributed by atoms with Crippen LogP contribution in [-0.2, 0) is 13.5 Å². The van der Waals surface area contributed by atoms with Crippen LogP contribution in [0, 0.1) is 58.3 Å². The molecule has 9 heteroatoms. The van der Waals surface area contributed by atoms with Crippen LogP contribution in [-0.4, -0.2) is 27.1 Å². The summed E-state index contributed by atoms with van der Waals surface area (Å²) >= 11 is -1.88. The van der Waals surface area contributed by atoms with E-state index in [1.165, 1.54) is 95.6 Å². The van der Waals surface area contributed by atoms with Crippen LogP contribution in [0.2, 0.25) is 0 Å². The zero-order valence-corrected chi connectivity index (χ0v) is 31.2. The molecule has 2 heterocycles. The summed E-state index contributed by atoms with van der Waals surface area (Å²) in [7, 11) is 12.4. The van der Waals surface area contributed by atoms with Crippen LogP contribution < -0.4 is 9.80 Å². The minimum atomic E-state index is -1.88. The van der Waals surface area contributed by atoms with E-state index in [9.17, 15) is 10.1 Å². The van der Waals surface area contributed by atoms with E-state index in [4.69, 9.17) is 19.4 Å². The number of halogens is 2. The Hall–Kier alpha value is -3.90. The van der Waals surface area contributed by atoms with Crippen molar-refractivity contribution in [2.24, 2.45) is 0 Å². The molecule has 0 radical (unpaired) electrons. The molecule has 1 aliphatic heterocycles. The molecule has 1 aromatic heterocycles. The summed E-state index contributed by atoms with van der Waals surface area (Å²) < 4.78 is 1.17. The first kappa shape index (κ1) is 35.4. The molecule has 1 aliphatic carbocycles. The Morgan fingerprint density at radius 3 is 1.44 bits per heavy atom. The molecule has 2 aliphatic rings. The number of aryl methyl sites for hydroxylation is 6. The van der Waals surface area contributed by atoms with Crippen molar-refractivity contribution in [3.63, 3.8) is 0 Å². The number of aromatic nitrogens is 1. The van der Waals surface area contributed by atoms with Crippen molar-refractivity contribution < 1.29 is 18.4 Å². The van der Waals surface area contributed by atoms with Gasteiger partial charge in [0.15, 0.2) is 0 Å². The van der Waals surface area contributed by atoms with Gasteiger partial charge in [0.25, 0.3) is 5.69 Å². The van der Waals surface area contributed by atoms with E-state index in [1.54, 1.807) is 0 Å². The van der Waals surface area contributed by atoms with E-state index in [0.29, 0.717) is 0 Å². The fourth-order valence-electron chi connectivity index (χ4n) is 6.65. The molecule has 6 nitrogen and oxygen atoms in total. The molecule has 0 atom stereocenters. The number of benzene rings is 4. The third-order valence-electron chi connectivity index (χ3n) is 8.30. The van der Waals surface area contributed by atoms with Crippen LogP contribution in [0.1, 0.15) is 44.5 Å². The molecule has 250 valence electrons. The molecular weight excluding hydrogens is 728 g/mol. The maximum atomic E-state index is 9.97. The summed E-state index contributed by atoms with van der Waals surface area (Å²) in [5, 5.41) is 9.97. The number of hydrogen-bond donors (Lipinski definition) is 0. The summed E-state index contributed by atoms with van der Waals surface area (Å²) in [5.74, 6) is 0. The predicted molar refractivity (Wildman–Crippen MR) is 198 cm³/mol. The van der Waals surface area contributed by atoms with E-state index < -0.39 is 18.4 Å². The maximum absolute atomic E-state index is 9.97. The number of pyridine rings is 1. The second-order valence-corrected chi connectivity index (χ2v) is 17.8. The van der Waals surface area contributed by atoms with E-state index >= 15 is 0 Å². The molecule has 1 saturated heterocycles. The number of fused-ring (bicyclic) bond motifs is 3. The second kappa shape index (κ2) is 15.5. The molecule has 0 unspecified atom stereocenters. The molecule has 0 bridgehead atoms. The Morgan fingerprint density at radius 1 is 0.688 bits per heavy atom. The van der Waals surface area contributed by atoms with Crippen molar-refractivity contribution in [2.75, 3.05) is 22.9 Å². The van der Waals surface area contributed by atoms with Gasteiger partial charge in [-0.1, -0.05) is 35.4 Å². The predicted octanol–water partition coefficient (Wildman–Crippen LogP) is 10.1. The fraction of sp³-hybridized carbons (Fsp3) is 0.205. The van der Waals surface area contributed by atoms with Crippen LogP contribution in [0.4, 0.5) is 17.1 Å². The molecule has 48 heavy (non-hydrogen) atoms. The van der Waals surface area contributed by atoms with Gasteiger partial charge >= 0.3 is 108 Å². The number of rotatable bonds is 3. The molecule has 0 spiro atoms. The SMILES string of the molecule is Cc1cc(C)c(N2[CH-]N(c3c(C)cc(C)cc3C)CC2)c(C)c1.O=[N+]([O-])c1cccnc1.[Cl][Ru]([Cl])=[C]1c2ccccc2-c2ccccc21. The van der Waals surface area contributed by atoms with Crippen molar-refractivity contribution in [3.8, 4) is 11.1 Å². The topological polar surface area (TPSA) is 62.5 Å². The van der Waals surface area contributed by atoms with Crippen molar-refractivity contribution in [3.05, 3.63) is 159 Å². The Morgan fingerprint density at radius 2 is 1.10 bits per heavy atom. The van der Waals surface area contributed by atoms with Crippen molar-refractivity contribution in [1.29, 1.82) is 0 Å². The average molecular weight is 768 g/mol. The van der Waals surface area contributed by atoms with Crippen molar-refractivity contribution >= 4 is 40.6 Å². The van der Waals surface area contributed by atoms with Gasteiger partial charge in [-0.3, -0.25) is 15.1 Å². The summed E-state index contributed by atoms with van der Waals surface area (Å²) in [6.07, 6.45) is 2.70. The Balaban J connectivity index is 0.000000155. The first-order valence-corrected chi connectivity index (χ1v) is 20.9. The standard InChI is InChI=1S/C21H27N2.C13H8.C5H4N2O2.2ClH.Ru/c1-14-9-16(3)20(17(4)10-14)22-7-8-23(13-22)21-18(5)11-15(2)12-19(21)6;1-3-7-12-10(5-1)9-11-6-2-4-8-13(11)12;8-7(9)5-2-1-3-6-4-5;;;/h9-13H,7-8H2,1-6H3;1-8H;1-4H;2*1H;/q-1;;;;;+2/p-2. The second-order valence-electron chi connectivity index (χ2n) is 12.0. The van der Waals surface area contributed by atoms with Crippen molar-refractivity contribution in [1.82, 2.24) is 4.98 Å². The summed E-state index contributed by atoms with van der Waals surface area (Å²) in [6, 6.07) is 28.7. The van der Waals surface area contributed by atoms with Crippen LogP contribution in [0.15, 0.2) is 97.3 Å². The monoisotopic (exact) mass is 767 g/mol. The Labute approximate surface area is 296 Å². The Bertz CT molecular complexity index is 1840. The minimum absolute atomic E-state index is 0.0255. The van der Waals surface area contributed by atoms with Gasteiger partial charge in [-0.2, -0.15) is 6.67 Å². The zero-order chi connectivity index (χ0) is 34.5. The molecule has 1 fully saturated rings. The van der Waals surface area contributed by atoms with Gasteiger partial charge in [-0.25, -0.2) is 0 Å². The third kappa shape index (κ3) is 7.86. The molecular formula is C39H39Cl2N4O2Ru-. The van der Waals surface area contributed by atoms with Gasteiger partial charge in [-0.05, 0) is 69.9 Å². The van der Waals surface area contributed by atoms with Crippen LogP contribution in [0.25, 0.3) is 11.1 Å². The molecule has 0 N–H and O–H groups in total. The third-order valence-corrected chi connectivity index (χ3v) is 11.5. The summed E-state index contributed by atoms with van der Waals surface area (Å²) in [4.78, 5) is 17.9. The molecule has 5 aromatic rings. The van der Waals surface area contributed by atoms with Crippen LogP contribution >= 0.6 is 19.4 Å². The quantitative estimate of drug-likeness (QED) is 0.0777. The van der Waals surface area contributed by atoms with E-state index in [0.717, 1.165) is 13.1 Å². The van der Waals surface area contributed by atoms with E-state index in [1.807, 2.05) is 12.1 Å². The van der Waals surface area contributed by atoms with Crippen molar-refractivity contribution in [2.45, 2.75) is 41.5 Å². The normalized spacial score (nSPS) is 13.2. The van der Waals surface area contributed by atoms with Gasteiger partial charge in [0, 0.05) is 36.7 Å². The van der Waals surface area contributed by atoms with Gasteiger partial charge < -0.3 is 9.80 Å². The van der Waals surface area contributed by atoms with E-state index in [2.05, 4.69) is 124 Å². The van der Waals surface area contributed by atoms with Gasteiger partial charge in [0.2, 0.25) is 0 Å². The molecule has 4 aromatic carbocycles. The molecule has 7 rings (SSSR count). The zero-order valence-electron chi connectivity index (χ0n) is 27.9. The first-order valence-electron chi connectivity index (χ1n) is 15.6. The Kier molecular flexibility index (Phi) is 11.5. The number of nitro groups is 1. The van der Waals surface area contributed by atoms with Gasteiger partial charge in [0.1, 0.15) is 6.20 Å². The van der Waals surface area contributed by atoms with Crippen LogP contribution in [0.5, 0.6) is 0 Å². The number of hydrogen-bond acceptors (Lipinski definition) is 5. The number of anilines is 2. The van der Waals surface area contributed by atoms with Gasteiger partial charge in [0.05, 0.1) is 4.92 Å². The van der Waals surface area contributed by atoms with Crippen LogP contribution in [0.3, 0.4) is 0 Å². The first-order chi connectivity index (χ1) is 23.0. The fourth-order valence-corrected chi connectivity index (χ4v) is 9.82. The average Bonchev–Trinajstić information content (AvgIpc) is 3.64. The molecule has 0 amide bonds.